The second-order valence-electron chi connectivity index (χ2n) is 6.92. The van der Waals surface area contributed by atoms with Crippen LogP contribution in [0.15, 0.2) is 36.4 Å². The number of nitrogens with two attached hydrogens (primary N) is 1. The monoisotopic (exact) mass is 376 g/mol. The first kappa shape index (κ1) is 17.7. The van der Waals surface area contributed by atoms with Gasteiger partial charge in [-0.25, -0.2) is 0 Å². The SMILES string of the molecule is CC(C)Oc1ccc(-c2nnc(-c3cccc4c3CCC4N)s2)cc1C#N. The number of benzene rings is 2. The largest absolute Gasteiger partial charge is 0.490 e. The molecule has 5 nitrogen and oxygen atoms in total. The minimum Gasteiger partial charge on any atom is -0.490 e. The zero-order valence-electron chi connectivity index (χ0n) is 15.3. The number of aromatic nitrogens is 2. The van der Waals surface area contributed by atoms with E-state index in [0.717, 1.165) is 34.0 Å². The van der Waals surface area contributed by atoms with E-state index in [2.05, 4.69) is 28.4 Å². The van der Waals surface area contributed by atoms with Crippen LogP contribution in [0.5, 0.6) is 5.75 Å². The number of rotatable bonds is 4. The highest BCUT2D eigenvalue weighted by Gasteiger charge is 2.23. The number of hydrogen-bond donors (Lipinski definition) is 1. The van der Waals surface area contributed by atoms with Gasteiger partial charge < -0.3 is 10.5 Å². The Kier molecular flexibility index (Phi) is 4.65. The van der Waals surface area contributed by atoms with E-state index >= 15 is 0 Å². The Balaban J connectivity index is 1.69. The molecular weight excluding hydrogens is 356 g/mol. The standard InChI is InChI=1S/C21H20N4OS/c1-12(2)26-19-9-6-13(10-14(19)11-22)20-24-25-21(27-20)17-5-3-4-16-15(17)7-8-18(16)23/h3-6,9-10,12,18H,7-8,23H2,1-2H3. The summed E-state index contributed by atoms with van der Waals surface area (Å²) >= 11 is 1.53. The molecule has 1 heterocycles. The topological polar surface area (TPSA) is 84.8 Å². The lowest BCUT2D eigenvalue weighted by Gasteiger charge is -2.11. The van der Waals surface area contributed by atoms with Gasteiger partial charge in [0.15, 0.2) is 0 Å². The second kappa shape index (κ2) is 7.10. The molecular formula is C21H20N4OS. The van der Waals surface area contributed by atoms with E-state index < -0.39 is 0 Å². The third kappa shape index (κ3) is 3.32. The average molecular weight is 376 g/mol. The molecule has 1 aromatic heterocycles. The molecule has 0 fully saturated rings. The fourth-order valence-corrected chi connectivity index (χ4v) is 4.34. The van der Waals surface area contributed by atoms with E-state index in [1.165, 1.54) is 22.5 Å². The van der Waals surface area contributed by atoms with Crippen molar-refractivity contribution in [2.45, 2.75) is 38.8 Å². The molecule has 0 radical (unpaired) electrons. The zero-order valence-corrected chi connectivity index (χ0v) is 16.1. The summed E-state index contributed by atoms with van der Waals surface area (Å²) in [7, 11) is 0. The van der Waals surface area contributed by atoms with Crippen LogP contribution in [0.1, 0.15) is 43.0 Å². The van der Waals surface area contributed by atoms with Gasteiger partial charge in [0.05, 0.1) is 11.7 Å². The molecule has 4 rings (SSSR count). The molecule has 0 bridgehead atoms. The van der Waals surface area contributed by atoms with Crippen molar-refractivity contribution in [3.05, 3.63) is 53.1 Å². The minimum absolute atomic E-state index is 0.0163. The van der Waals surface area contributed by atoms with Crippen molar-refractivity contribution in [3.63, 3.8) is 0 Å². The number of fused-ring (bicyclic) bond motifs is 1. The van der Waals surface area contributed by atoms with Crippen molar-refractivity contribution < 1.29 is 4.74 Å². The highest BCUT2D eigenvalue weighted by molar-refractivity contribution is 7.17. The minimum atomic E-state index is 0.0163. The first-order chi connectivity index (χ1) is 13.1. The normalized spacial score (nSPS) is 15.6. The summed E-state index contributed by atoms with van der Waals surface area (Å²) in [4.78, 5) is 0. The molecule has 6 heteroatoms. The summed E-state index contributed by atoms with van der Waals surface area (Å²) in [5.41, 5.74) is 11.2. The van der Waals surface area contributed by atoms with Crippen molar-refractivity contribution in [1.82, 2.24) is 10.2 Å². The quantitative estimate of drug-likeness (QED) is 0.726. The van der Waals surface area contributed by atoms with E-state index in [1.807, 2.05) is 38.1 Å². The van der Waals surface area contributed by atoms with Gasteiger partial charge in [0.2, 0.25) is 0 Å². The maximum Gasteiger partial charge on any atom is 0.148 e. The summed E-state index contributed by atoms with van der Waals surface area (Å²) in [5, 5.41) is 19.9. The summed E-state index contributed by atoms with van der Waals surface area (Å²) in [6, 6.07) is 14.1. The predicted octanol–water partition coefficient (Wildman–Crippen LogP) is 4.48. The maximum absolute atomic E-state index is 9.44. The molecule has 0 saturated carbocycles. The molecule has 1 aliphatic rings. The Bertz CT molecular complexity index is 1030. The Morgan fingerprint density at radius 3 is 2.81 bits per heavy atom. The third-order valence-corrected chi connectivity index (χ3v) is 5.69. The molecule has 1 aliphatic carbocycles. The fraction of sp³-hybridized carbons (Fsp3) is 0.286. The Labute approximate surface area is 162 Å². The van der Waals surface area contributed by atoms with Gasteiger partial charge in [0, 0.05) is 17.2 Å². The molecule has 3 aromatic rings. The number of nitriles is 1. The molecule has 0 amide bonds. The Hall–Kier alpha value is -2.75. The third-order valence-electron chi connectivity index (χ3n) is 4.68. The highest BCUT2D eigenvalue weighted by Crippen LogP contribution is 2.39. The first-order valence-electron chi connectivity index (χ1n) is 8.99. The number of hydrogen-bond acceptors (Lipinski definition) is 6. The van der Waals surface area contributed by atoms with Crippen molar-refractivity contribution in [3.8, 4) is 33.0 Å². The lowest BCUT2D eigenvalue weighted by Crippen LogP contribution is -2.06. The van der Waals surface area contributed by atoms with Crippen molar-refractivity contribution in [1.29, 1.82) is 5.26 Å². The molecule has 136 valence electrons. The van der Waals surface area contributed by atoms with E-state index in [1.54, 1.807) is 0 Å². The summed E-state index contributed by atoms with van der Waals surface area (Å²) < 4.78 is 5.70. The smallest absolute Gasteiger partial charge is 0.148 e. The molecule has 0 aliphatic heterocycles. The van der Waals surface area contributed by atoms with Gasteiger partial charge in [0.25, 0.3) is 0 Å². The Morgan fingerprint density at radius 2 is 2.04 bits per heavy atom. The molecule has 0 saturated heterocycles. The van der Waals surface area contributed by atoms with Crippen LogP contribution in [0, 0.1) is 11.3 Å². The van der Waals surface area contributed by atoms with Crippen LogP contribution >= 0.6 is 11.3 Å². The van der Waals surface area contributed by atoms with Crippen molar-refractivity contribution in [2.24, 2.45) is 5.73 Å². The van der Waals surface area contributed by atoms with Gasteiger partial charge >= 0.3 is 0 Å². The van der Waals surface area contributed by atoms with Gasteiger partial charge in [-0.05, 0) is 56.0 Å². The molecule has 1 unspecified atom stereocenters. The van der Waals surface area contributed by atoms with E-state index in [4.69, 9.17) is 10.5 Å². The molecule has 27 heavy (non-hydrogen) atoms. The number of nitrogens with zero attached hydrogens (tertiary/aromatic N) is 3. The summed E-state index contributed by atoms with van der Waals surface area (Å²) in [5.74, 6) is 0.593. The predicted molar refractivity (Wildman–Crippen MR) is 107 cm³/mol. The van der Waals surface area contributed by atoms with Gasteiger partial charge in [-0.3, -0.25) is 0 Å². The van der Waals surface area contributed by atoms with Crippen LogP contribution in [0.3, 0.4) is 0 Å². The van der Waals surface area contributed by atoms with Crippen LogP contribution in [0.25, 0.3) is 21.1 Å². The summed E-state index contributed by atoms with van der Waals surface area (Å²) in [6.45, 7) is 3.88. The number of ether oxygens (including phenoxy) is 1. The maximum atomic E-state index is 9.44. The lowest BCUT2D eigenvalue weighted by atomic mass is 10.0. The van der Waals surface area contributed by atoms with Crippen LogP contribution in [0.2, 0.25) is 0 Å². The molecule has 1 atom stereocenters. The molecule has 2 aromatic carbocycles. The van der Waals surface area contributed by atoms with Crippen LogP contribution in [-0.4, -0.2) is 16.3 Å². The molecule has 2 N–H and O–H groups in total. The van der Waals surface area contributed by atoms with Crippen molar-refractivity contribution >= 4 is 11.3 Å². The van der Waals surface area contributed by atoms with Crippen LogP contribution < -0.4 is 10.5 Å². The van der Waals surface area contributed by atoms with E-state index in [9.17, 15) is 5.26 Å². The van der Waals surface area contributed by atoms with Crippen LogP contribution in [0.4, 0.5) is 0 Å². The van der Waals surface area contributed by atoms with Gasteiger partial charge in [-0.2, -0.15) is 5.26 Å². The lowest BCUT2D eigenvalue weighted by molar-refractivity contribution is 0.242. The van der Waals surface area contributed by atoms with Crippen LogP contribution in [-0.2, 0) is 6.42 Å². The average Bonchev–Trinajstić information content (AvgIpc) is 3.29. The highest BCUT2D eigenvalue weighted by atomic mass is 32.1. The summed E-state index contributed by atoms with van der Waals surface area (Å²) in [6.07, 6.45) is 1.96. The van der Waals surface area contributed by atoms with Gasteiger partial charge in [-0.1, -0.05) is 29.5 Å². The van der Waals surface area contributed by atoms with Gasteiger partial charge in [-0.15, -0.1) is 10.2 Å². The fourth-order valence-electron chi connectivity index (χ4n) is 3.44. The van der Waals surface area contributed by atoms with Crippen molar-refractivity contribution in [2.75, 3.05) is 0 Å². The zero-order chi connectivity index (χ0) is 19.0. The van der Waals surface area contributed by atoms with E-state index in [-0.39, 0.29) is 12.1 Å². The van der Waals surface area contributed by atoms with Gasteiger partial charge in [0.1, 0.15) is 21.8 Å². The molecule has 0 spiro atoms. The second-order valence-corrected chi connectivity index (χ2v) is 7.90. The first-order valence-corrected chi connectivity index (χ1v) is 9.81. The van der Waals surface area contributed by atoms with E-state index in [0.29, 0.717) is 11.3 Å². The Morgan fingerprint density at radius 1 is 1.22 bits per heavy atom.